The summed E-state index contributed by atoms with van der Waals surface area (Å²) < 4.78 is 44.3. The van der Waals surface area contributed by atoms with Crippen LogP contribution >= 0.6 is 15.9 Å². The van der Waals surface area contributed by atoms with Gasteiger partial charge in [0, 0.05) is 12.1 Å². The Labute approximate surface area is 169 Å². The van der Waals surface area contributed by atoms with Crippen molar-refractivity contribution < 1.29 is 27.6 Å². The average Bonchev–Trinajstić information content (AvgIpc) is 3.07. The van der Waals surface area contributed by atoms with Crippen LogP contribution in [0.1, 0.15) is 16.1 Å². The number of H-pyrrole nitrogens is 1. The van der Waals surface area contributed by atoms with E-state index in [2.05, 4.69) is 31.4 Å². The predicted molar refractivity (Wildman–Crippen MR) is 98.9 cm³/mol. The minimum atomic E-state index is -4.57. The molecule has 3 aromatic rings. The SMILES string of the molecule is O=C(Nc1cc(Oc2cccc(C(F)(F)F)c2)cc([N+](=O)[O-])c1)c1[nH]ncc1Br. The highest BCUT2D eigenvalue weighted by Gasteiger charge is 2.30. The number of carbonyl (C=O) groups is 1. The first-order chi connectivity index (χ1) is 13.6. The number of amides is 1. The van der Waals surface area contributed by atoms with Crippen molar-refractivity contribution in [2.45, 2.75) is 6.18 Å². The number of aromatic nitrogens is 2. The Morgan fingerprint density at radius 1 is 1.21 bits per heavy atom. The van der Waals surface area contributed by atoms with Crippen molar-refractivity contribution in [3.63, 3.8) is 0 Å². The lowest BCUT2D eigenvalue weighted by molar-refractivity contribution is -0.384. The molecule has 0 saturated heterocycles. The Bertz CT molecular complexity index is 1080. The summed E-state index contributed by atoms with van der Waals surface area (Å²) in [6.45, 7) is 0. The molecule has 2 N–H and O–H groups in total. The van der Waals surface area contributed by atoms with Crippen LogP contribution in [0.25, 0.3) is 0 Å². The molecule has 0 radical (unpaired) electrons. The number of anilines is 1. The number of rotatable bonds is 5. The van der Waals surface area contributed by atoms with Gasteiger partial charge in [0.05, 0.1) is 32.9 Å². The highest BCUT2D eigenvalue weighted by molar-refractivity contribution is 9.10. The summed E-state index contributed by atoms with van der Waals surface area (Å²) in [5.74, 6) is -0.939. The van der Waals surface area contributed by atoms with Crippen LogP contribution in [-0.4, -0.2) is 21.0 Å². The van der Waals surface area contributed by atoms with Crippen molar-refractivity contribution in [1.29, 1.82) is 0 Å². The third kappa shape index (κ3) is 4.90. The van der Waals surface area contributed by atoms with Gasteiger partial charge < -0.3 is 10.1 Å². The first-order valence-corrected chi connectivity index (χ1v) is 8.57. The Balaban J connectivity index is 1.90. The summed E-state index contributed by atoms with van der Waals surface area (Å²) in [4.78, 5) is 22.7. The van der Waals surface area contributed by atoms with Gasteiger partial charge in [-0.1, -0.05) is 6.07 Å². The zero-order chi connectivity index (χ0) is 21.2. The van der Waals surface area contributed by atoms with Crippen LogP contribution in [-0.2, 0) is 6.18 Å². The number of nitrogens with zero attached hydrogens (tertiary/aromatic N) is 2. The number of carbonyl (C=O) groups excluding carboxylic acids is 1. The standard InChI is InChI=1S/C17H10BrF3N4O4/c18-14-8-22-24-15(14)16(26)23-10-5-11(25(27)28)7-13(6-10)29-12-3-1-2-9(4-12)17(19,20)21/h1-8H,(H,22,24)(H,23,26). The fourth-order valence-electron chi connectivity index (χ4n) is 2.32. The van der Waals surface area contributed by atoms with Crippen molar-refractivity contribution in [3.05, 3.63) is 74.5 Å². The van der Waals surface area contributed by atoms with E-state index in [4.69, 9.17) is 4.74 Å². The summed E-state index contributed by atoms with van der Waals surface area (Å²) in [7, 11) is 0. The smallest absolute Gasteiger partial charge is 0.416 e. The van der Waals surface area contributed by atoms with Gasteiger partial charge in [-0.25, -0.2) is 0 Å². The lowest BCUT2D eigenvalue weighted by atomic mass is 10.2. The molecular weight excluding hydrogens is 461 g/mol. The molecule has 0 spiro atoms. The molecule has 12 heteroatoms. The minimum Gasteiger partial charge on any atom is -0.457 e. The van der Waals surface area contributed by atoms with Crippen LogP contribution in [0.2, 0.25) is 0 Å². The number of benzene rings is 2. The van der Waals surface area contributed by atoms with Gasteiger partial charge in [-0.05, 0) is 34.1 Å². The summed E-state index contributed by atoms with van der Waals surface area (Å²) in [5.41, 5.74) is -1.27. The second kappa shape index (κ2) is 7.91. The molecule has 0 aliphatic heterocycles. The van der Waals surface area contributed by atoms with Crippen molar-refractivity contribution in [3.8, 4) is 11.5 Å². The third-order valence-electron chi connectivity index (χ3n) is 3.58. The largest absolute Gasteiger partial charge is 0.457 e. The van der Waals surface area contributed by atoms with Crippen LogP contribution in [0, 0.1) is 10.1 Å². The van der Waals surface area contributed by atoms with E-state index in [9.17, 15) is 28.1 Å². The van der Waals surface area contributed by atoms with E-state index in [1.54, 1.807) is 0 Å². The Morgan fingerprint density at radius 2 is 1.97 bits per heavy atom. The van der Waals surface area contributed by atoms with Crippen molar-refractivity contribution >= 4 is 33.2 Å². The summed E-state index contributed by atoms with van der Waals surface area (Å²) in [5, 5.41) is 19.7. The molecular formula is C17H10BrF3N4O4. The molecule has 1 amide bonds. The maximum absolute atomic E-state index is 12.8. The molecule has 0 aliphatic rings. The maximum Gasteiger partial charge on any atom is 0.416 e. The van der Waals surface area contributed by atoms with Crippen LogP contribution in [0.5, 0.6) is 11.5 Å². The maximum atomic E-state index is 12.8. The number of ether oxygens (including phenoxy) is 1. The average molecular weight is 471 g/mol. The van der Waals surface area contributed by atoms with Crippen LogP contribution in [0.4, 0.5) is 24.5 Å². The molecule has 29 heavy (non-hydrogen) atoms. The van der Waals surface area contributed by atoms with Crippen LogP contribution < -0.4 is 10.1 Å². The first-order valence-electron chi connectivity index (χ1n) is 7.78. The van der Waals surface area contributed by atoms with Crippen LogP contribution in [0.15, 0.2) is 53.1 Å². The molecule has 0 bridgehead atoms. The van der Waals surface area contributed by atoms with E-state index >= 15 is 0 Å². The van der Waals surface area contributed by atoms with Gasteiger partial charge in [-0.2, -0.15) is 18.3 Å². The van der Waals surface area contributed by atoms with Gasteiger partial charge in [0.2, 0.25) is 0 Å². The number of hydrogen-bond acceptors (Lipinski definition) is 5. The molecule has 3 rings (SSSR count). The van der Waals surface area contributed by atoms with Crippen molar-refractivity contribution in [1.82, 2.24) is 10.2 Å². The summed E-state index contributed by atoms with van der Waals surface area (Å²) in [6, 6.07) is 7.41. The second-order valence-corrected chi connectivity index (χ2v) is 6.50. The van der Waals surface area contributed by atoms with Gasteiger partial charge >= 0.3 is 6.18 Å². The molecule has 0 aliphatic carbocycles. The van der Waals surface area contributed by atoms with E-state index in [0.717, 1.165) is 30.3 Å². The van der Waals surface area contributed by atoms with E-state index in [0.29, 0.717) is 4.47 Å². The van der Waals surface area contributed by atoms with Crippen molar-refractivity contribution in [2.75, 3.05) is 5.32 Å². The summed E-state index contributed by atoms with van der Waals surface area (Å²) in [6.07, 6.45) is -3.22. The quantitative estimate of drug-likeness (QED) is 0.396. The normalized spacial score (nSPS) is 11.2. The van der Waals surface area contributed by atoms with E-state index in [-0.39, 0.29) is 22.9 Å². The topological polar surface area (TPSA) is 110 Å². The van der Waals surface area contributed by atoms with Crippen LogP contribution in [0.3, 0.4) is 0 Å². The second-order valence-electron chi connectivity index (χ2n) is 5.65. The molecule has 0 atom stereocenters. The molecule has 0 saturated carbocycles. The lowest BCUT2D eigenvalue weighted by Gasteiger charge is -2.11. The molecule has 0 unspecified atom stereocenters. The van der Waals surface area contributed by atoms with Gasteiger partial charge in [-0.3, -0.25) is 20.0 Å². The molecule has 8 nitrogen and oxygen atoms in total. The Morgan fingerprint density at radius 3 is 2.59 bits per heavy atom. The number of hydrogen-bond donors (Lipinski definition) is 2. The van der Waals surface area contributed by atoms with E-state index in [1.807, 2.05) is 0 Å². The third-order valence-corrected chi connectivity index (χ3v) is 4.18. The Hall–Kier alpha value is -3.41. The number of nitrogens with one attached hydrogen (secondary N) is 2. The zero-order valence-corrected chi connectivity index (χ0v) is 15.7. The number of alkyl halides is 3. The molecule has 0 fully saturated rings. The number of non-ortho nitro benzene ring substituents is 1. The fraction of sp³-hybridized carbons (Fsp3) is 0.0588. The monoisotopic (exact) mass is 470 g/mol. The lowest BCUT2D eigenvalue weighted by Crippen LogP contribution is -2.13. The van der Waals surface area contributed by atoms with Gasteiger partial charge in [0.1, 0.15) is 17.2 Å². The van der Waals surface area contributed by atoms with E-state index < -0.39 is 28.3 Å². The number of nitro benzene ring substituents is 1. The molecule has 1 aromatic heterocycles. The van der Waals surface area contributed by atoms with Gasteiger partial charge in [-0.15, -0.1) is 0 Å². The minimum absolute atomic E-state index is 0.00711. The first kappa shape index (κ1) is 20.3. The van der Waals surface area contributed by atoms with E-state index in [1.165, 1.54) is 18.3 Å². The number of halogens is 4. The molecule has 1 heterocycles. The predicted octanol–water partition coefficient (Wildman–Crippen LogP) is 5.14. The van der Waals surface area contributed by atoms with Gasteiger partial charge in [0.15, 0.2) is 0 Å². The van der Waals surface area contributed by atoms with Crippen molar-refractivity contribution in [2.24, 2.45) is 0 Å². The Kier molecular flexibility index (Phi) is 5.55. The molecule has 2 aromatic carbocycles. The molecule has 150 valence electrons. The number of aromatic amines is 1. The number of nitro groups is 1. The fourth-order valence-corrected chi connectivity index (χ4v) is 2.69. The highest BCUT2D eigenvalue weighted by atomic mass is 79.9. The highest BCUT2D eigenvalue weighted by Crippen LogP contribution is 2.34. The summed E-state index contributed by atoms with van der Waals surface area (Å²) >= 11 is 3.12. The van der Waals surface area contributed by atoms with Gasteiger partial charge in [0.25, 0.3) is 11.6 Å². The zero-order valence-electron chi connectivity index (χ0n) is 14.2.